The summed E-state index contributed by atoms with van der Waals surface area (Å²) in [5.74, 6) is -2.12. The van der Waals surface area contributed by atoms with Crippen molar-refractivity contribution >= 4 is 17.8 Å². The van der Waals surface area contributed by atoms with E-state index in [2.05, 4.69) is 0 Å². The monoisotopic (exact) mass is 380 g/mol. The van der Waals surface area contributed by atoms with Gasteiger partial charge in [0.2, 0.25) is 11.8 Å². The molecule has 146 valence electrons. The first-order valence-electron chi connectivity index (χ1n) is 9.22. The average molecular weight is 380 g/mol. The summed E-state index contributed by atoms with van der Waals surface area (Å²) in [6.45, 7) is 2.01. The van der Waals surface area contributed by atoms with Gasteiger partial charge in [0.15, 0.2) is 5.41 Å². The zero-order valence-corrected chi connectivity index (χ0v) is 16.0. The number of aliphatic carboxylic acids is 1. The van der Waals surface area contributed by atoms with Gasteiger partial charge in [-0.05, 0) is 18.1 Å². The normalized spacial score (nSPS) is 20.1. The lowest BCUT2D eigenvalue weighted by molar-refractivity contribution is -0.160. The lowest BCUT2D eigenvalue weighted by Crippen LogP contribution is -2.49. The molecule has 0 radical (unpaired) electrons. The van der Waals surface area contributed by atoms with Crippen molar-refractivity contribution in [3.8, 4) is 0 Å². The third-order valence-corrected chi connectivity index (χ3v) is 5.39. The van der Waals surface area contributed by atoms with E-state index in [-0.39, 0.29) is 31.5 Å². The van der Waals surface area contributed by atoms with Gasteiger partial charge in [0.05, 0.1) is 12.5 Å². The zero-order valence-electron chi connectivity index (χ0n) is 16.0. The number of carboxylic acids is 1. The number of hydrogen-bond donors (Lipinski definition) is 1. The summed E-state index contributed by atoms with van der Waals surface area (Å²) < 4.78 is 0. The molecule has 1 heterocycles. The predicted molar refractivity (Wildman–Crippen MR) is 104 cm³/mol. The largest absolute Gasteiger partial charge is 0.480 e. The van der Waals surface area contributed by atoms with Crippen molar-refractivity contribution in [3.63, 3.8) is 0 Å². The minimum atomic E-state index is -1.76. The van der Waals surface area contributed by atoms with Crippen LogP contribution in [0.2, 0.25) is 0 Å². The molecule has 1 N–H and O–H groups in total. The van der Waals surface area contributed by atoms with Crippen molar-refractivity contribution < 1.29 is 19.5 Å². The van der Waals surface area contributed by atoms with E-state index in [9.17, 15) is 19.5 Å². The second-order valence-electron chi connectivity index (χ2n) is 7.32. The van der Waals surface area contributed by atoms with Gasteiger partial charge in [-0.1, -0.05) is 60.7 Å². The molecule has 2 aromatic rings. The first-order valence-corrected chi connectivity index (χ1v) is 9.22. The van der Waals surface area contributed by atoms with Gasteiger partial charge in [-0.15, -0.1) is 0 Å². The van der Waals surface area contributed by atoms with Crippen molar-refractivity contribution in [1.82, 2.24) is 9.80 Å². The van der Waals surface area contributed by atoms with E-state index >= 15 is 0 Å². The van der Waals surface area contributed by atoms with E-state index in [0.717, 1.165) is 11.1 Å². The van der Waals surface area contributed by atoms with Crippen LogP contribution in [-0.2, 0) is 20.9 Å². The summed E-state index contributed by atoms with van der Waals surface area (Å²) in [5, 5.41) is 9.91. The molecule has 1 fully saturated rings. The van der Waals surface area contributed by atoms with Crippen LogP contribution in [-0.4, -0.2) is 46.3 Å². The van der Waals surface area contributed by atoms with Crippen molar-refractivity contribution in [1.29, 1.82) is 0 Å². The summed E-state index contributed by atoms with van der Waals surface area (Å²) in [4.78, 5) is 40.9. The average Bonchev–Trinajstić information content (AvgIpc) is 3.07. The molecule has 1 saturated heterocycles. The number of rotatable bonds is 6. The smallest absolute Gasteiger partial charge is 0.321 e. The molecule has 28 heavy (non-hydrogen) atoms. The van der Waals surface area contributed by atoms with Gasteiger partial charge in [-0.2, -0.15) is 0 Å². The van der Waals surface area contributed by atoms with Crippen LogP contribution in [0.25, 0.3) is 0 Å². The Balaban J connectivity index is 1.83. The maximum absolute atomic E-state index is 13.1. The Kier molecular flexibility index (Phi) is 5.49. The fourth-order valence-electron chi connectivity index (χ4n) is 3.73. The first-order chi connectivity index (χ1) is 13.3. The van der Waals surface area contributed by atoms with Gasteiger partial charge in [-0.25, -0.2) is 0 Å². The highest BCUT2D eigenvalue weighted by Crippen LogP contribution is 2.38. The van der Waals surface area contributed by atoms with E-state index in [1.165, 1.54) is 9.80 Å². The maximum atomic E-state index is 13.1. The Morgan fingerprint density at radius 2 is 1.68 bits per heavy atom. The fourth-order valence-corrected chi connectivity index (χ4v) is 3.73. The summed E-state index contributed by atoms with van der Waals surface area (Å²) in [7, 11) is 1.58. The number of likely N-dealkylation sites (tertiary alicyclic amines) is 1. The summed E-state index contributed by atoms with van der Waals surface area (Å²) in [6.07, 6.45) is -0.322. The molecule has 1 unspecified atom stereocenters. The second kappa shape index (κ2) is 7.84. The van der Waals surface area contributed by atoms with Crippen LogP contribution in [0.1, 0.15) is 30.5 Å². The Morgan fingerprint density at radius 3 is 2.25 bits per heavy atom. The number of hydrogen-bond acceptors (Lipinski definition) is 3. The van der Waals surface area contributed by atoms with E-state index in [4.69, 9.17) is 0 Å². The molecule has 0 aromatic heterocycles. The zero-order chi connectivity index (χ0) is 20.3. The third-order valence-electron chi connectivity index (χ3n) is 5.39. The van der Waals surface area contributed by atoms with E-state index in [0.29, 0.717) is 0 Å². The molecule has 2 atom stereocenters. The Hall–Kier alpha value is -3.15. The van der Waals surface area contributed by atoms with Crippen molar-refractivity contribution in [2.45, 2.75) is 25.9 Å². The molecule has 2 amide bonds. The number of carbonyl (C=O) groups is 3. The molecule has 0 spiro atoms. The molecule has 1 aliphatic rings. The molecular formula is C22H24N2O4. The SMILES string of the molecule is C[C@H](c1ccccc1)N1CC(C(=O)O)(C(=O)N(C)Cc2ccccc2)CC1=O. The second-order valence-corrected chi connectivity index (χ2v) is 7.32. The topological polar surface area (TPSA) is 77.9 Å². The third kappa shape index (κ3) is 3.63. The molecule has 0 bridgehead atoms. The van der Waals surface area contributed by atoms with E-state index < -0.39 is 17.3 Å². The number of nitrogens with zero attached hydrogens (tertiary/aromatic N) is 2. The highest BCUT2D eigenvalue weighted by Gasteiger charge is 2.56. The molecule has 2 aromatic carbocycles. The quantitative estimate of drug-likeness (QED) is 0.782. The maximum Gasteiger partial charge on any atom is 0.321 e. The molecule has 0 saturated carbocycles. The van der Waals surface area contributed by atoms with Crippen LogP contribution in [0.4, 0.5) is 0 Å². The Morgan fingerprint density at radius 1 is 1.11 bits per heavy atom. The summed E-state index contributed by atoms with van der Waals surface area (Å²) >= 11 is 0. The number of benzene rings is 2. The molecule has 1 aliphatic heterocycles. The van der Waals surface area contributed by atoms with Crippen LogP contribution in [0.3, 0.4) is 0 Å². The van der Waals surface area contributed by atoms with Crippen molar-refractivity contribution in [2.24, 2.45) is 5.41 Å². The minimum absolute atomic E-state index is 0.130. The van der Waals surface area contributed by atoms with Gasteiger partial charge in [0.25, 0.3) is 0 Å². The van der Waals surface area contributed by atoms with E-state index in [1.807, 2.05) is 67.6 Å². The number of carboxylic acid groups (broad SMARTS) is 1. The standard InChI is InChI=1S/C22H24N2O4/c1-16(18-11-7-4-8-12-18)24-15-22(21(27)28,13-19(24)25)20(26)23(2)14-17-9-5-3-6-10-17/h3-12,16H,13-15H2,1-2H3,(H,27,28)/t16-,22?/m1/s1. The van der Waals surface area contributed by atoms with Crippen LogP contribution >= 0.6 is 0 Å². The minimum Gasteiger partial charge on any atom is -0.480 e. The Bertz CT molecular complexity index is 869. The molecule has 6 heteroatoms. The number of amides is 2. The summed E-state index contributed by atoms with van der Waals surface area (Å²) in [6, 6.07) is 18.5. The van der Waals surface area contributed by atoms with Crippen LogP contribution in [0.15, 0.2) is 60.7 Å². The van der Waals surface area contributed by atoms with Crippen molar-refractivity contribution in [3.05, 3.63) is 71.8 Å². The number of carbonyl (C=O) groups excluding carboxylic acids is 2. The van der Waals surface area contributed by atoms with Crippen molar-refractivity contribution in [2.75, 3.05) is 13.6 Å². The Labute approximate surface area is 164 Å². The molecule has 0 aliphatic carbocycles. The van der Waals surface area contributed by atoms with Gasteiger partial charge in [-0.3, -0.25) is 14.4 Å². The van der Waals surface area contributed by atoms with Gasteiger partial charge in [0.1, 0.15) is 0 Å². The van der Waals surface area contributed by atoms with Crippen LogP contribution in [0.5, 0.6) is 0 Å². The summed E-state index contributed by atoms with van der Waals surface area (Å²) in [5.41, 5.74) is 0.0452. The van der Waals surface area contributed by atoms with Crippen LogP contribution < -0.4 is 0 Å². The molecular weight excluding hydrogens is 356 g/mol. The first kappa shape index (κ1) is 19.6. The van der Waals surface area contributed by atoms with E-state index in [1.54, 1.807) is 7.05 Å². The lowest BCUT2D eigenvalue weighted by Gasteiger charge is -2.30. The highest BCUT2D eigenvalue weighted by molar-refractivity contribution is 6.07. The highest BCUT2D eigenvalue weighted by atomic mass is 16.4. The molecule has 6 nitrogen and oxygen atoms in total. The fraction of sp³-hybridized carbons (Fsp3) is 0.318. The van der Waals surface area contributed by atoms with Crippen LogP contribution in [0, 0.1) is 5.41 Å². The van der Waals surface area contributed by atoms with Gasteiger partial charge >= 0.3 is 5.97 Å². The molecule has 3 rings (SSSR count). The van der Waals surface area contributed by atoms with Gasteiger partial charge < -0.3 is 14.9 Å². The lowest BCUT2D eigenvalue weighted by atomic mass is 9.85. The predicted octanol–water partition coefficient (Wildman–Crippen LogP) is 2.71. The van der Waals surface area contributed by atoms with Gasteiger partial charge in [0, 0.05) is 20.1 Å².